The minimum Gasteiger partial charge on any atom is -0.309 e. The van der Waals surface area contributed by atoms with E-state index in [1.807, 2.05) is 7.05 Å². The number of piperidine rings is 1. The van der Waals surface area contributed by atoms with E-state index in [1.54, 1.807) is 0 Å². The van der Waals surface area contributed by atoms with Gasteiger partial charge in [0.2, 0.25) is 0 Å². The van der Waals surface area contributed by atoms with Crippen LogP contribution in [0.2, 0.25) is 0 Å². The van der Waals surface area contributed by atoms with Crippen LogP contribution in [0.5, 0.6) is 0 Å². The highest BCUT2D eigenvalue weighted by atomic mass is 32.3. The molecule has 3 unspecified atom stereocenters. The summed E-state index contributed by atoms with van der Waals surface area (Å²) in [5.74, 6) is -0.457. The largest absolute Gasteiger partial charge is 0.418 e. The zero-order chi connectivity index (χ0) is 18.2. The smallest absolute Gasteiger partial charge is 0.309 e. The first-order valence-electron chi connectivity index (χ1n) is 8.15. The van der Waals surface area contributed by atoms with Crippen molar-refractivity contribution in [2.75, 3.05) is 26.7 Å². The Balaban J connectivity index is 1.53. The van der Waals surface area contributed by atoms with Gasteiger partial charge in [0.05, 0.1) is 12.6 Å². The van der Waals surface area contributed by atoms with E-state index in [4.69, 9.17) is 9.39 Å². The van der Waals surface area contributed by atoms with E-state index in [0.29, 0.717) is 24.5 Å². The van der Waals surface area contributed by atoms with Crippen molar-refractivity contribution in [1.29, 1.82) is 0 Å². The molecule has 0 spiro atoms. The van der Waals surface area contributed by atoms with Crippen molar-refractivity contribution in [1.82, 2.24) is 20.3 Å². The summed E-state index contributed by atoms with van der Waals surface area (Å²) >= 11 is 0. The van der Waals surface area contributed by atoms with E-state index in [9.17, 15) is 18.0 Å². The molecule has 0 aromatic rings. The number of hydrogen-bond acceptors (Lipinski definition) is 7. The minimum absolute atomic E-state index is 0.151. The fourth-order valence-corrected chi connectivity index (χ4v) is 3.96. The second-order valence-corrected chi connectivity index (χ2v) is 7.57. The molecule has 12 heteroatoms. The van der Waals surface area contributed by atoms with Crippen LogP contribution in [0.3, 0.4) is 0 Å². The van der Waals surface area contributed by atoms with Crippen molar-refractivity contribution >= 4 is 22.3 Å². The number of nitrogens with zero attached hydrogens (tertiary/aromatic N) is 3. The molecule has 3 atom stereocenters. The third kappa shape index (κ3) is 4.03. The summed E-state index contributed by atoms with van der Waals surface area (Å²) in [5, 5.41) is 0.608. The van der Waals surface area contributed by atoms with Crippen molar-refractivity contribution in [2.45, 2.75) is 43.8 Å². The molecule has 0 saturated carbocycles. The van der Waals surface area contributed by atoms with Gasteiger partial charge in [-0.3, -0.25) is 14.2 Å². The van der Waals surface area contributed by atoms with Gasteiger partial charge in [-0.2, -0.15) is 13.5 Å². The number of likely N-dealkylation sites (tertiary alicyclic amines) is 1. The zero-order valence-electron chi connectivity index (χ0n) is 13.8. The maximum Gasteiger partial charge on any atom is 0.418 e. The third-order valence-electron chi connectivity index (χ3n) is 4.92. The lowest BCUT2D eigenvalue weighted by atomic mass is 10.0. The molecule has 2 N–H and O–H groups in total. The normalized spacial score (nSPS) is 30.2. The van der Waals surface area contributed by atoms with E-state index in [2.05, 4.69) is 14.7 Å². The number of rotatable bonds is 6. The van der Waals surface area contributed by atoms with Gasteiger partial charge in [-0.25, -0.2) is 10.3 Å². The molecule has 0 radical (unpaired) electrons. The summed E-state index contributed by atoms with van der Waals surface area (Å²) < 4.78 is 34.8. The fourth-order valence-electron chi connectivity index (χ4n) is 3.57. The van der Waals surface area contributed by atoms with E-state index in [-0.39, 0.29) is 12.6 Å². The summed E-state index contributed by atoms with van der Waals surface area (Å²) in [7, 11) is -2.80. The molecule has 3 amide bonds. The molecule has 0 aliphatic carbocycles. The molecule has 11 nitrogen and oxygen atoms in total. The van der Waals surface area contributed by atoms with Crippen molar-refractivity contribution in [3.63, 3.8) is 0 Å². The Morgan fingerprint density at radius 2 is 2.12 bits per heavy atom. The van der Waals surface area contributed by atoms with Crippen LogP contribution in [0.25, 0.3) is 0 Å². The Kier molecular flexibility index (Phi) is 5.16. The molecule has 142 valence electrons. The van der Waals surface area contributed by atoms with Crippen LogP contribution >= 0.6 is 0 Å². The van der Waals surface area contributed by atoms with Gasteiger partial charge in [0, 0.05) is 12.6 Å². The number of urea groups is 1. The Hall–Kier alpha value is -1.47. The van der Waals surface area contributed by atoms with Gasteiger partial charge in [0.1, 0.15) is 6.04 Å². The number of hydrogen-bond donors (Lipinski definition) is 2. The standard InChI is InChI=1S/C13H22N4O7S/c1-15-6-2-3-10(15)8-23-14-12(18)11-5-4-9-7-16(11)13(19)17(9)24-25(20,21)22/h9-11H,2-8H2,1H3,(H,14,18)(H,20,21,22). The van der Waals surface area contributed by atoms with Crippen LogP contribution in [-0.4, -0.2) is 84.6 Å². The predicted octanol–water partition coefficient (Wildman–Crippen LogP) is -0.869. The van der Waals surface area contributed by atoms with Gasteiger partial charge in [-0.1, -0.05) is 0 Å². The molecule has 3 aliphatic rings. The van der Waals surface area contributed by atoms with E-state index in [0.717, 1.165) is 19.4 Å². The summed E-state index contributed by atoms with van der Waals surface area (Å²) in [6.45, 7) is 1.51. The summed E-state index contributed by atoms with van der Waals surface area (Å²) in [6, 6.07) is -1.80. The number of fused-ring (bicyclic) bond motifs is 2. The topological polar surface area (TPSA) is 129 Å². The quantitative estimate of drug-likeness (QED) is 0.451. The number of carbonyl (C=O) groups excluding carboxylic acids is 2. The minimum atomic E-state index is -4.80. The van der Waals surface area contributed by atoms with E-state index >= 15 is 0 Å². The van der Waals surface area contributed by atoms with Crippen LogP contribution in [0.15, 0.2) is 0 Å². The highest BCUT2D eigenvalue weighted by Gasteiger charge is 2.49. The summed E-state index contributed by atoms with van der Waals surface area (Å²) in [5.41, 5.74) is 2.38. The second-order valence-electron chi connectivity index (χ2n) is 6.56. The third-order valence-corrected chi connectivity index (χ3v) is 5.27. The van der Waals surface area contributed by atoms with Gasteiger partial charge in [-0.15, -0.1) is 4.28 Å². The Morgan fingerprint density at radius 1 is 1.36 bits per heavy atom. The Labute approximate surface area is 145 Å². The lowest BCUT2D eigenvalue weighted by Gasteiger charge is -2.29. The SMILES string of the molecule is CN1CCCC1CONC(=O)C1CCC2CN1C(=O)N2OS(=O)(=O)O. The van der Waals surface area contributed by atoms with Crippen LogP contribution < -0.4 is 5.48 Å². The molecule has 0 aromatic heterocycles. The molecule has 3 fully saturated rings. The maximum absolute atomic E-state index is 12.3. The predicted molar refractivity (Wildman–Crippen MR) is 83.1 cm³/mol. The molecule has 3 saturated heterocycles. The van der Waals surface area contributed by atoms with Crippen LogP contribution in [0.4, 0.5) is 4.79 Å². The van der Waals surface area contributed by atoms with Crippen molar-refractivity contribution < 1.29 is 31.7 Å². The molecule has 3 aliphatic heterocycles. The molecule has 0 aromatic carbocycles. The van der Waals surface area contributed by atoms with Crippen molar-refractivity contribution in [2.24, 2.45) is 0 Å². The first-order valence-corrected chi connectivity index (χ1v) is 9.51. The van der Waals surface area contributed by atoms with E-state index < -0.39 is 34.4 Å². The van der Waals surface area contributed by atoms with Crippen molar-refractivity contribution in [3.05, 3.63) is 0 Å². The van der Waals surface area contributed by atoms with Crippen LogP contribution in [0, 0.1) is 0 Å². The molecule has 25 heavy (non-hydrogen) atoms. The van der Waals surface area contributed by atoms with Gasteiger partial charge in [0.25, 0.3) is 5.91 Å². The summed E-state index contributed by atoms with van der Waals surface area (Å²) in [6.07, 6.45) is 2.82. The first-order chi connectivity index (χ1) is 11.8. The monoisotopic (exact) mass is 378 g/mol. The Bertz CT molecular complexity index is 642. The second kappa shape index (κ2) is 7.03. The molecule has 3 rings (SSSR count). The highest BCUT2D eigenvalue weighted by molar-refractivity contribution is 7.80. The van der Waals surface area contributed by atoms with E-state index in [1.165, 1.54) is 4.90 Å². The van der Waals surface area contributed by atoms with Crippen molar-refractivity contribution in [3.8, 4) is 0 Å². The maximum atomic E-state index is 12.3. The highest BCUT2D eigenvalue weighted by Crippen LogP contribution is 2.30. The number of hydroxylamine groups is 3. The first kappa shape index (κ1) is 18.3. The average Bonchev–Trinajstić information content (AvgIpc) is 3.04. The molecule has 3 heterocycles. The van der Waals surface area contributed by atoms with Gasteiger partial charge in [0.15, 0.2) is 0 Å². The lowest BCUT2D eigenvalue weighted by molar-refractivity contribution is -0.140. The lowest BCUT2D eigenvalue weighted by Crippen LogP contribution is -2.50. The number of nitrogens with one attached hydrogen (secondary N) is 1. The number of amides is 3. The van der Waals surface area contributed by atoms with Gasteiger partial charge >= 0.3 is 16.4 Å². The van der Waals surface area contributed by atoms with Gasteiger partial charge in [-0.05, 0) is 39.3 Å². The number of carbonyl (C=O) groups is 2. The Morgan fingerprint density at radius 3 is 2.76 bits per heavy atom. The van der Waals surface area contributed by atoms with Crippen LogP contribution in [0.1, 0.15) is 25.7 Å². The average molecular weight is 378 g/mol. The zero-order valence-corrected chi connectivity index (χ0v) is 14.6. The molecular formula is C13H22N4O7S. The van der Waals surface area contributed by atoms with Crippen LogP contribution in [-0.2, 0) is 24.3 Å². The van der Waals surface area contributed by atoms with Gasteiger partial charge < -0.3 is 9.80 Å². The fraction of sp³-hybridized carbons (Fsp3) is 0.846. The summed E-state index contributed by atoms with van der Waals surface area (Å²) in [4.78, 5) is 33.2. The number of likely N-dealkylation sites (N-methyl/N-ethyl adjacent to an activating group) is 1. The molecule has 2 bridgehead atoms. The molecular weight excluding hydrogens is 356 g/mol.